The molecule has 22 heavy (non-hydrogen) atoms. The highest BCUT2D eigenvalue weighted by Gasteiger charge is 2.23. The number of aliphatic imine (C=N–C) groups is 1. The van der Waals surface area contributed by atoms with Gasteiger partial charge >= 0.3 is 12.2 Å². The van der Waals surface area contributed by atoms with Crippen molar-refractivity contribution in [3.8, 4) is 0 Å². The number of fused-ring (bicyclic) bond motifs is 1. The molecule has 0 atom stereocenters. The molecular formula is C15H19N3O4. The Hall–Kier alpha value is -2.57. The summed E-state index contributed by atoms with van der Waals surface area (Å²) >= 11 is 0. The van der Waals surface area contributed by atoms with Gasteiger partial charge < -0.3 is 9.47 Å². The molecule has 1 heterocycles. The Kier molecular flexibility index (Phi) is 4.98. The first kappa shape index (κ1) is 15.8. The molecule has 2 amide bonds. The van der Waals surface area contributed by atoms with Gasteiger partial charge in [-0.2, -0.15) is 0 Å². The maximum absolute atomic E-state index is 12.0. The van der Waals surface area contributed by atoms with E-state index in [0.717, 1.165) is 11.1 Å². The number of nitrogens with one attached hydrogen (secondary N) is 1. The molecule has 0 spiro atoms. The van der Waals surface area contributed by atoms with Crippen LogP contribution in [0.5, 0.6) is 0 Å². The van der Waals surface area contributed by atoms with Crippen LogP contribution in [0.4, 0.5) is 21.0 Å². The predicted molar refractivity (Wildman–Crippen MR) is 83.8 cm³/mol. The number of carbonyl (C=O) groups excluding carboxylic acids is 2. The summed E-state index contributed by atoms with van der Waals surface area (Å²) in [7, 11) is 0. The lowest BCUT2D eigenvalue weighted by molar-refractivity contribution is 0.160. The fourth-order valence-electron chi connectivity index (χ4n) is 2.12. The minimum atomic E-state index is -0.530. The number of anilines is 2. The van der Waals surface area contributed by atoms with Gasteiger partial charge in [0.05, 0.1) is 18.9 Å². The average molecular weight is 305 g/mol. The van der Waals surface area contributed by atoms with Crippen molar-refractivity contribution in [2.75, 3.05) is 30.1 Å². The summed E-state index contributed by atoms with van der Waals surface area (Å²) in [5.74, 6) is 0. The molecule has 7 heteroatoms. The van der Waals surface area contributed by atoms with E-state index in [-0.39, 0.29) is 19.9 Å². The topological polar surface area (TPSA) is 80.2 Å². The highest BCUT2D eigenvalue weighted by Crippen LogP contribution is 2.30. The summed E-state index contributed by atoms with van der Waals surface area (Å²) in [6.45, 7) is 6.10. The Labute approximate surface area is 128 Å². The molecular weight excluding hydrogens is 286 g/mol. The minimum Gasteiger partial charge on any atom is -0.450 e. The summed E-state index contributed by atoms with van der Waals surface area (Å²) in [5.41, 5.74) is 2.88. The molecule has 0 aromatic heterocycles. The number of rotatable bonds is 3. The molecule has 0 unspecified atom stereocenters. The van der Waals surface area contributed by atoms with Crippen molar-refractivity contribution in [1.82, 2.24) is 0 Å². The van der Waals surface area contributed by atoms with Crippen molar-refractivity contribution < 1.29 is 19.1 Å². The SMILES string of the molecule is CCOC(=O)Nc1cc2c(cc1C)C=NCN2C(=O)OCC. The maximum atomic E-state index is 12.0. The zero-order valence-electron chi connectivity index (χ0n) is 12.9. The molecule has 1 aliphatic heterocycles. The fraction of sp³-hybridized carbons (Fsp3) is 0.400. The third-order valence-corrected chi connectivity index (χ3v) is 3.12. The molecule has 0 saturated carbocycles. The van der Waals surface area contributed by atoms with Gasteiger partial charge in [0.1, 0.15) is 6.67 Å². The normalized spacial score (nSPS) is 12.6. The van der Waals surface area contributed by atoms with E-state index < -0.39 is 12.2 Å². The van der Waals surface area contributed by atoms with Crippen LogP contribution in [0, 0.1) is 6.92 Å². The van der Waals surface area contributed by atoms with E-state index in [0.29, 0.717) is 11.4 Å². The number of amides is 2. The summed E-state index contributed by atoms with van der Waals surface area (Å²) in [6.07, 6.45) is 0.705. The molecule has 0 aliphatic carbocycles. The predicted octanol–water partition coefficient (Wildman–Crippen LogP) is 2.92. The smallest absolute Gasteiger partial charge is 0.415 e. The van der Waals surface area contributed by atoms with Crippen molar-refractivity contribution in [1.29, 1.82) is 0 Å². The second kappa shape index (κ2) is 6.93. The van der Waals surface area contributed by atoms with E-state index in [9.17, 15) is 9.59 Å². The molecule has 2 rings (SSSR count). The van der Waals surface area contributed by atoms with Crippen LogP contribution in [0.25, 0.3) is 0 Å². The number of ether oxygens (including phenoxy) is 2. The van der Waals surface area contributed by atoms with Gasteiger partial charge in [-0.05, 0) is 38.5 Å². The minimum absolute atomic E-state index is 0.188. The number of hydrogen-bond donors (Lipinski definition) is 1. The molecule has 0 fully saturated rings. The van der Waals surface area contributed by atoms with Crippen LogP contribution >= 0.6 is 0 Å². The molecule has 7 nitrogen and oxygen atoms in total. The van der Waals surface area contributed by atoms with E-state index in [4.69, 9.17) is 9.47 Å². The number of hydrogen-bond acceptors (Lipinski definition) is 5. The number of aryl methyl sites for hydroxylation is 1. The van der Waals surface area contributed by atoms with Crippen LogP contribution in [0.3, 0.4) is 0 Å². The third kappa shape index (κ3) is 3.36. The quantitative estimate of drug-likeness (QED) is 0.931. The fourth-order valence-corrected chi connectivity index (χ4v) is 2.12. The number of carbonyl (C=O) groups is 2. The van der Waals surface area contributed by atoms with Crippen molar-refractivity contribution in [3.05, 3.63) is 23.3 Å². The molecule has 1 N–H and O–H groups in total. The van der Waals surface area contributed by atoms with Crippen molar-refractivity contribution >= 4 is 29.8 Å². The van der Waals surface area contributed by atoms with Gasteiger partial charge in [0.2, 0.25) is 0 Å². The Bertz CT molecular complexity index is 613. The van der Waals surface area contributed by atoms with Crippen molar-refractivity contribution in [2.24, 2.45) is 4.99 Å². The van der Waals surface area contributed by atoms with E-state index >= 15 is 0 Å². The third-order valence-electron chi connectivity index (χ3n) is 3.12. The zero-order valence-corrected chi connectivity index (χ0v) is 12.9. The summed E-state index contributed by atoms with van der Waals surface area (Å²) in [6, 6.07) is 3.58. The summed E-state index contributed by atoms with van der Waals surface area (Å²) < 4.78 is 9.91. The lowest BCUT2D eigenvalue weighted by Gasteiger charge is -2.26. The van der Waals surface area contributed by atoms with Crippen LogP contribution in [0.2, 0.25) is 0 Å². The van der Waals surface area contributed by atoms with Crippen molar-refractivity contribution in [3.63, 3.8) is 0 Å². The van der Waals surface area contributed by atoms with E-state index in [1.807, 2.05) is 13.0 Å². The maximum Gasteiger partial charge on any atom is 0.415 e. The number of benzene rings is 1. The van der Waals surface area contributed by atoms with Crippen LogP contribution in [-0.4, -0.2) is 38.3 Å². The molecule has 0 bridgehead atoms. The largest absolute Gasteiger partial charge is 0.450 e. The van der Waals surface area contributed by atoms with E-state index in [2.05, 4.69) is 10.3 Å². The van der Waals surface area contributed by atoms with Crippen LogP contribution in [0.15, 0.2) is 17.1 Å². The Morgan fingerprint density at radius 2 is 2.00 bits per heavy atom. The first-order valence-corrected chi connectivity index (χ1v) is 7.09. The highest BCUT2D eigenvalue weighted by molar-refractivity contribution is 6.00. The first-order chi connectivity index (χ1) is 10.6. The molecule has 1 aromatic rings. The van der Waals surface area contributed by atoms with Crippen LogP contribution in [-0.2, 0) is 9.47 Å². The van der Waals surface area contributed by atoms with Gasteiger partial charge in [0.15, 0.2) is 0 Å². The van der Waals surface area contributed by atoms with Crippen LogP contribution in [0.1, 0.15) is 25.0 Å². The number of nitrogens with zero attached hydrogens (tertiary/aromatic N) is 2. The zero-order chi connectivity index (χ0) is 16.1. The van der Waals surface area contributed by atoms with Gasteiger partial charge in [-0.3, -0.25) is 15.2 Å². The highest BCUT2D eigenvalue weighted by atomic mass is 16.6. The van der Waals surface area contributed by atoms with Gasteiger partial charge in [-0.1, -0.05) is 0 Å². The Morgan fingerprint density at radius 1 is 1.27 bits per heavy atom. The molecule has 0 radical (unpaired) electrons. The second-order valence-corrected chi connectivity index (χ2v) is 4.65. The lowest BCUT2D eigenvalue weighted by atomic mass is 10.1. The standard InChI is InChI=1S/C15H19N3O4/c1-4-21-14(19)17-12-7-13-11(6-10(12)3)8-16-9-18(13)15(20)22-5-2/h6-8H,4-5,9H2,1-3H3,(H,17,19). The molecule has 118 valence electrons. The van der Waals surface area contributed by atoms with Gasteiger partial charge in [0.25, 0.3) is 0 Å². The lowest BCUT2D eigenvalue weighted by Crippen LogP contribution is -2.34. The van der Waals surface area contributed by atoms with Gasteiger partial charge in [-0.15, -0.1) is 0 Å². The Morgan fingerprint density at radius 3 is 2.68 bits per heavy atom. The monoisotopic (exact) mass is 305 g/mol. The molecule has 1 aromatic carbocycles. The van der Waals surface area contributed by atoms with E-state index in [1.54, 1.807) is 26.1 Å². The molecule has 0 saturated heterocycles. The van der Waals surface area contributed by atoms with Gasteiger partial charge in [0, 0.05) is 17.5 Å². The average Bonchev–Trinajstić information content (AvgIpc) is 2.48. The van der Waals surface area contributed by atoms with E-state index in [1.165, 1.54) is 4.90 Å². The Balaban J connectivity index is 2.33. The second-order valence-electron chi connectivity index (χ2n) is 4.65. The van der Waals surface area contributed by atoms with Crippen LogP contribution < -0.4 is 10.2 Å². The van der Waals surface area contributed by atoms with Gasteiger partial charge in [-0.25, -0.2) is 9.59 Å². The summed E-state index contributed by atoms with van der Waals surface area (Å²) in [5, 5.41) is 2.67. The molecule has 1 aliphatic rings. The summed E-state index contributed by atoms with van der Waals surface area (Å²) in [4.78, 5) is 29.2. The van der Waals surface area contributed by atoms with Crippen molar-refractivity contribution in [2.45, 2.75) is 20.8 Å². The first-order valence-electron chi connectivity index (χ1n) is 7.09.